The van der Waals surface area contributed by atoms with Crippen molar-refractivity contribution in [1.29, 1.82) is 0 Å². The average Bonchev–Trinajstić information content (AvgIpc) is 2.40. The fraction of sp³-hybridized carbons (Fsp3) is 0.294. The van der Waals surface area contributed by atoms with Gasteiger partial charge < -0.3 is 0 Å². The average molecular weight is 372 g/mol. The molecule has 20 heavy (non-hydrogen) atoms. The van der Waals surface area contributed by atoms with Crippen molar-refractivity contribution in [2.75, 3.05) is 0 Å². The van der Waals surface area contributed by atoms with E-state index in [1.807, 2.05) is 18.2 Å². The number of hydrogen-bond donors (Lipinski definition) is 0. The summed E-state index contributed by atoms with van der Waals surface area (Å²) in [6.07, 6.45) is 0. The molecule has 0 N–H and O–H groups in total. The summed E-state index contributed by atoms with van der Waals surface area (Å²) in [5.74, 6) is 0. The predicted molar refractivity (Wildman–Crippen MR) is 92.6 cm³/mol. The Bertz CT molecular complexity index is 636. The van der Waals surface area contributed by atoms with Crippen molar-refractivity contribution in [3.05, 3.63) is 67.7 Å². The monoisotopic (exact) mass is 370 g/mol. The fourth-order valence-corrected chi connectivity index (χ4v) is 4.12. The summed E-state index contributed by atoms with van der Waals surface area (Å²) in [7, 11) is 0. The van der Waals surface area contributed by atoms with Crippen molar-refractivity contribution in [2.24, 2.45) is 0 Å². The van der Waals surface area contributed by atoms with Crippen molar-refractivity contribution in [3.63, 3.8) is 0 Å². The third kappa shape index (κ3) is 2.77. The van der Waals surface area contributed by atoms with Gasteiger partial charge in [-0.2, -0.15) is 0 Å². The van der Waals surface area contributed by atoms with Crippen LogP contribution in [0.3, 0.4) is 0 Å². The van der Waals surface area contributed by atoms with Crippen molar-refractivity contribution in [2.45, 2.75) is 32.5 Å². The minimum atomic E-state index is 0.0484. The highest BCUT2D eigenvalue weighted by Crippen LogP contribution is 2.41. The van der Waals surface area contributed by atoms with Crippen LogP contribution in [0.25, 0.3) is 0 Å². The van der Waals surface area contributed by atoms with Gasteiger partial charge in [0.25, 0.3) is 0 Å². The molecular formula is C17H17BrCl2. The lowest BCUT2D eigenvalue weighted by Crippen LogP contribution is -2.03. The molecule has 0 heterocycles. The molecule has 0 radical (unpaired) electrons. The van der Waals surface area contributed by atoms with Crippen LogP contribution in [0.15, 0.2) is 24.3 Å². The normalized spacial score (nSPS) is 12.6. The first-order valence-corrected chi connectivity index (χ1v) is 8.17. The standard InChI is InChI=1S/C17H17BrCl2/c1-9-8-10(2)12(4)15(11(9)3)16(18)13-6-5-7-14(19)17(13)20/h5-8,16H,1-4H3. The molecule has 0 fully saturated rings. The van der Waals surface area contributed by atoms with Gasteiger partial charge in [-0.05, 0) is 67.1 Å². The van der Waals surface area contributed by atoms with E-state index >= 15 is 0 Å². The van der Waals surface area contributed by atoms with E-state index in [9.17, 15) is 0 Å². The van der Waals surface area contributed by atoms with E-state index in [0.717, 1.165) is 5.56 Å². The van der Waals surface area contributed by atoms with E-state index in [2.05, 4.69) is 49.7 Å². The van der Waals surface area contributed by atoms with Gasteiger partial charge in [0.15, 0.2) is 0 Å². The maximum atomic E-state index is 6.36. The van der Waals surface area contributed by atoms with Crippen LogP contribution in [0.5, 0.6) is 0 Å². The molecular weight excluding hydrogens is 355 g/mol. The first kappa shape index (κ1) is 15.9. The van der Waals surface area contributed by atoms with Crippen LogP contribution >= 0.6 is 39.1 Å². The second-order valence-electron chi connectivity index (χ2n) is 5.18. The molecule has 2 rings (SSSR count). The summed E-state index contributed by atoms with van der Waals surface area (Å²) < 4.78 is 0. The zero-order chi connectivity index (χ0) is 15.0. The fourth-order valence-electron chi connectivity index (χ4n) is 2.50. The predicted octanol–water partition coefficient (Wildman–Crippen LogP) is 6.71. The van der Waals surface area contributed by atoms with Gasteiger partial charge in [-0.15, -0.1) is 0 Å². The number of hydrogen-bond acceptors (Lipinski definition) is 0. The molecule has 1 atom stereocenters. The SMILES string of the molecule is Cc1cc(C)c(C)c(C(Br)c2cccc(Cl)c2Cl)c1C. The maximum Gasteiger partial charge on any atom is 0.0665 e. The molecule has 0 aromatic heterocycles. The topological polar surface area (TPSA) is 0 Å². The summed E-state index contributed by atoms with van der Waals surface area (Å²) in [6.45, 7) is 8.60. The Morgan fingerprint density at radius 2 is 1.50 bits per heavy atom. The van der Waals surface area contributed by atoms with Crippen LogP contribution in [0.2, 0.25) is 10.0 Å². The summed E-state index contributed by atoms with van der Waals surface area (Å²) >= 11 is 16.3. The number of alkyl halides is 1. The Balaban J connectivity index is 2.65. The van der Waals surface area contributed by atoms with Crippen molar-refractivity contribution >= 4 is 39.1 Å². The minimum absolute atomic E-state index is 0.0484. The molecule has 0 aliphatic carbocycles. The Morgan fingerprint density at radius 1 is 0.950 bits per heavy atom. The molecule has 0 aliphatic rings. The van der Waals surface area contributed by atoms with Crippen molar-refractivity contribution < 1.29 is 0 Å². The van der Waals surface area contributed by atoms with Gasteiger partial charge in [0.1, 0.15) is 0 Å². The van der Waals surface area contributed by atoms with Gasteiger partial charge in [0, 0.05) is 0 Å². The lowest BCUT2D eigenvalue weighted by molar-refractivity contribution is 1.08. The lowest BCUT2D eigenvalue weighted by atomic mass is 9.90. The first-order valence-electron chi connectivity index (χ1n) is 6.49. The molecule has 0 bridgehead atoms. The molecule has 0 amide bonds. The second-order valence-corrected chi connectivity index (χ2v) is 6.88. The van der Waals surface area contributed by atoms with Crippen LogP contribution in [0.4, 0.5) is 0 Å². The summed E-state index contributed by atoms with van der Waals surface area (Å²) in [5, 5.41) is 1.21. The van der Waals surface area contributed by atoms with Gasteiger partial charge in [0.05, 0.1) is 14.9 Å². The van der Waals surface area contributed by atoms with Gasteiger partial charge >= 0.3 is 0 Å². The Morgan fingerprint density at radius 3 is 2.05 bits per heavy atom. The molecule has 3 heteroatoms. The van der Waals surface area contributed by atoms with E-state index in [-0.39, 0.29) is 4.83 Å². The van der Waals surface area contributed by atoms with Gasteiger partial charge in [-0.1, -0.05) is 57.3 Å². The highest BCUT2D eigenvalue weighted by molar-refractivity contribution is 9.09. The smallest absolute Gasteiger partial charge is 0.0665 e. The Hall–Kier alpha value is -0.500. The quantitative estimate of drug-likeness (QED) is 0.514. The van der Waals surface area contributed by atoms with E-state index in [4.69, 9.17) is 23.2 Å². The maximum absolute atomic E-state index is 6.36. The molecule has 0 saturated heterocycles. The second kappa shape index (κ2) is 6.09. The lowest BCUT2D eigenvalue weighted by Gasteiger charge is -2.21. The first-order chi connectivity index (χ1) is 9.34. The van der Waals surface area contributed by atoms with Crippen LogP contribution in [0, 0.1) is 27.7 Å². The molecule has 2 aromatic carbocycles. The van der Waals surface area contributed by atoms with E-state index < -0.39 is 0 Å². The Kier molecular flexibility index (Phi) is 4.84. The molecule has 0 nitrogen and oxygen atoms in total. The van der Waals surface area contributed by atoms with Crippen LogP contribution in [-0.2, 0) is 0 Å². The van der Waals surface area contributed by atoms with Gasteiger partial charge in [-0.3, -0.25) is 0 Å². The van der Waals surface area contributed by atoms with E-state index in [1.54, 1.807) is 0 Å². The highest BCUT2D eigenvalue weighted by Gasteiger charge is 2.20. The molecule has 0 spiro atoms. The summed E-state index contributed by atoms with van der Waals surface area (Å²) in [4.78, 5) is 0.0484. The molecule has 0 aliphatic heterocycles. The summed E-state index contributed by atoms with van der Waals surface area (Å²) in [5.41, 5.74) is 7.48. The number of halogens is 3. The highest BCUT2D eigenvalue weighted by atomic mass is 79.9. The van der Waals surface area contributed by atoms with Crippen LogP contribution in [-0.4, -0.2) is 0 Å². The zero-order valence-corrected chi connectivity index (χ0v) is 15.1. The number of benzene rings is 2. The van der Waals surface area contributed by atoms with Crippen LogP contribution < -0.4 is 0 Å². The third-order valence-corrected chi connectivity index (χ3v) is 5.72. The van der Waals surface area contributed by atoms with Crippen molar-refractivity contribution in [3.8, 4) is 0 Å². The summed E-state index contributed by atoms with van der Waals surface area (Å²) in [6, 6.07) is 8.00. The molecule has 2 aromatic rings. The van der Waals surface area contributed by atoms with Gasteiger partial charge in [0.2, 0.25) is 0 Å². The molecule has 1 unspecified atom stereocenters. The van der Waals surface area contributed by atoms with Crippen molar-refractivity contribution in [1.82, 2.24) is 0 Å². The zero-order valence-electron chi connectivity index (χ0n) is 12.0. The third-order valence-electron chi connectivity index (χ3n) is 3.93. The van der Waals surface area contributed by atoms with E-state index in [1.165, 1.54) is 27.8 Å². The molecule has 0 saturated carbocycles. The Labute approximate surface area is 139 Å². The minimum Gasteiger partial charge on any atom is -0.0827 e. The van der Waals surface area contributed by atoms with E-state index in [0.29, 0.717) is 10.0 Å². The van der Waals surface area contributed by atoms with Crippen LogP contribution in [0.1, 0.15) is 38.2 Å². The largest absolute Gasteiger partial charge is 0.0827 e. The molecule has 106 valence electrons. The number of aryl methyl sites for hydroxylation is 2. The van der Waals surface area contributed by atoms with Gasteiger partial charge in [-0.25, -0.2) is 0 Å². The number of rotatable bonds is 2.